The fourth-order valence-corrected chi connectivity index (χ4v) is 5.91. The largest absolute Gasteiger partial charge is 0.373 e. The van der Waals surface area contributed by atoms with Crippen LogP contribution in [0.3, 0.4) is 0 Å². The topological polar surface area (TPSA) is 72.4 Å². The number of nitrogens with zero attached hydrogens (tertiary/aromatic N) is 3. The van der Waals surface area contributed by atoms with Gasteiger partial charge in [-0.15, -0.1) is 0 Å². The molecule has 0 radical (unpaired) electrons. The van der Waals surface area contributed by atoms with E-state index in [1.807, 2.05) is 60.7 Å². The number of hydrogen-bond acceptors (Lipinski definition) is 5. The van der Waals surface area contributed by atoms with Gasteiger partial charge in [-0.25, -0.2) is 8.42 Å². The summed E-state index contributed by atoms with van der Waals surface area (Å²) in [6, 6.07) is 22.2. The van der Waals surface area contributed by atoms with Crippen molar-refractivity contribution < 1.29 is 13.2 Å². The minimum Gasteiger partial charge on any atom is -0.373 e. The summed E-state index contributed by atoms with van der Waals surface area (Å²) < 4.78 is 35.7. The quantitative estimate of drug-likeness (QED) is 0.475. The van der Waals surface area contributed by atoms with Crippen LogP contribution in [0.1, 0.15) is 16.8 Å². The van der Waals surface area contributed by atoms with E-state index in [-0.39, 0.29) is 24.1 Å². The lowest BCUT2D eigenvalue weighted by molar-refractivity contribution is 0.0652. The van der Waals surface area contributed by atoms with E-state index >= 15 is 0 Å². The van der Waals surface area contributed by atoms with Crippen LogP contribution >= 0.6 is 0 Å². The summed E-state index contributed by atoms with van der Waals surface area (Å²) >= 11 is 0. The maximum absolute atomic E-state index is 14.1. The van der Waals surface area contributed by atoms with Crippen molar-refractivity contribution in [2.75, 3.05) is 6.61 Å². The summed E-state index contributed by atoms with van der Waals surface area (Å²) in [5, 5.41) is 0.790. The lowest BCUT2D eigenvalue weighted by atomic mass is 10.1. The van der Waals surface area contributed by atoms with Crippen LogP contribution in [0.25, 0.3) is 10.9 Å². The highest BCUT2D eigenvalue weighted by molar-refractivity contribution is 7.89. The minimum absolute atomic E-state index is 0.208. The lowest BCUT2D eigenvalue weighted by Gasteiger charge is -2.33. The molecule has 7 heteroatoms. The van der Waals surface area contributed by atoms with Crippen LogP contribution in [0.4, 0.5) is 0 Å². The van der Waals surface area contributed by atoms with Crippen LogP contribution < -0.4 is 0 Å². The van der Waals surface area contributed by atoms with Gasteiger partial charge in [-0.1, -0.05) is 54.6 Å². The monoisotopic (exact) mass is 445 g/mol. The maximum atomic E-state index is 14.1. The first-order valence-electron chi connectivity index (χ1n) is 10.5. The molecule has 1 unspecified atom stereocenters. The van der Waals surface area contributed by atoms with Crippen molar-refractivity contribution in [3.05, 3.63) is 102 Å². The third-order valence-electron chi connectivity index (χ3n) is 5.76. The Morgan fingerprint density at radius 2 is 1.69 bits per heavy atom. The van der Waals surface area contributed by atoms with Crippen molar-refractivity contribution in [3.63, 3.8) is 0 Å². The molecule has 0 fully saturated rings. The Balaban J connectivity index is 1.63. The molecule has 2 aromatic heterocycles. The molecule has 0 saturated heterocycles. The first-order chi connectivity index (χ1) is 15.6. The smallest absolute Gasteiger partial charge is 0.245 e. The molecule has 1 aliphatic rings. The van der Waals surface area contributed by atoms with E-state index in [1.54, 1.807) is 28.8 Å². The molecule has 0 bridgehead atoms. The number of aromatic nitrogens is 2. The maximum Gasteiger partial charge on any atom is 0.245 e. The number of hydrogen-bond donors (Lipinski definition) is 0. The second kappa shape index (κ2) is 8.78. The van der Waals surface area contributed by atoms with Crippen LogP contribution in [0.2, 0.25) is 0 Å². The van der Waals surface area contributed by atoms with Crippen molar-refractivity contribution >= 4 is 20.9 Å². The third-order valence-corrected chi connectivity index (χ3v) is 7.69. The van der Waals surface area contributed by atoms with Gasteiger partial charge in [0.2, 0.25) is 10.0 Å². The van der Waals surface area contributed by atoms with Gasteiger partial charge in [0.25, 0.3) is 0 Å². The number of benzene rings is 2. The van der Waals surface area contributed by atoms with Crippen molar-refractivity contribution in [2.24, 2.45) is 0 Å². The molecular weight excluding hydrogens is 422 g/mol. The highest BCUT2D eigenvalue weighted by atomic mass is 32.2. The minimum atomic E-state index is -3.88. The summed E-state index contributed by atoms with van der Waals surface area (Å²) in [6.07, 6.45) is 3.88. The Morgan fingerprint density at radius 3 is 2.56 bits per heavy atom. The number of fused-ring (bicyclic) bond motifs is 2. The summed E-state index contributed by atoms with van der Waals surface area (Å²) in [6.45, 7) is 0.878. The Hall–Kier alpha value is -3.13. The summed E-state index contributed by atoms with van der Waals surface area (Å²) in [7, 11) is -3.88. The molecule has 0 saturated carbocycles. The number of rotatable bonds is 4. The zero-order valence-electron chi connectivity index (χ0n) is 17.5. The predicted octanol–water partition coefficient (Wildman–Crippen LogP) is 3.96. The molecule has 0 N–H and O–H groups in total. The average molecular weight is 446 g/mol. The summed E-state index contributed by atoms with van der Waals surface area (Å²) in [4.78, 5) is 9.01. The van der Waals surface area contributed by atoms with Gasteiger partial charge < -0.3 is 4.74 Å². The fraction of sp³-hybridized carbons (Fsp3) is 0.200. The number of pyridine rings is 2. The highest BCUT2D eigenvalue weighted by Gasteiger charge is 2.35. The SMILES string of the molecule is O=S(=O)(c1cccc2cccnc12)N1Cc2cccnc2COCC1Cc1ccccc1. The van der Waals surface area contributed by atoms with Gasteiger partial charge in [-0.2, -0.15) is 4.31 Å². The van der Waals surface area contributed by atoms with Crippen molar-refractivity contribution in [2.45, 2.75) is 30.5 Å². The van der Waals surface area contributed by atoms with Gasteiger partial charge in [0.15, 0.2) is 0 Å². The fourth-order valence-electron chi connectivity index (χ4n) is 4.16. The Bertz CT molecular complexity index is 1340. The first kappa shape index (κ1) is 20.8. The van der Waals surface area contributed by atoms with Gasteiger partial charge in [0.1, 0.15) is 4.90 Å². The zero-order chi connectivity index (χ0) is 22.0. The Kier molecular flexibility index (Phi) is 5.70. The third kappa shape index (κ3) is 4.02. The van der Waals surface area contributed by atoms with E-state index < -0.39 is 10.0 Å². The molecule has 4 aromatic rings. The standard InChI is InChI=1S/C25H23N3O3S/c29-32(30,24-12-4-9-20-10-5-14-27-25(20)24)28-16-21-11-6-13-26-23(21)18-31-17-22(28)15-19-7-2-1-3-8-19/h1-14,22H,15-18H2. The molecular formula is C25H23N3O3S. The average Bonchev–Trinajstić information content (AvgIpc) is 2.81. The number of ether oxygens (including phenoxy) is 1. The molecule has 6 nitrogen and oxygen atoms in total. The molecule has 0 spiro atoms. The van der Waals surface area contributed by atoms with E-state index in [0.717, 1.165) is 22.2 Å². The second-order valence-corrected chi connectivity index (χ2v) is 9.71. The predicted molar refractivity (Wildman–Crippen MR) is 122 cm³/mol. The molecule has 1 aliphatic heterocycles. The molecule has 0 amide bonds. The van der Waals surface area contributed by atoms with Crippen LogP contribution in [0.5, 0.6) is 0 Å². The highest BCUT2D eigenvalue weighted by Crippen LogP contribution is 2.29. The number of para-hydroxylation sites is 1. The van der Waals surface area contributed by atoms with E-state index in [1.165, 1.54) is 0 Å². The zero-order valence-corrected chi connectivity index (χ0v) is 18.3. The lowest BCUT2D eigenvalue weighted by Crippen LogP contribution is -2.45. The molecule has 3 heterocycles. The van der Waals surface area contributed by atoms with Crippen LogP contribution in [0, 0.1) is 0 Å². The molecule has 2 aromatic carbocycles. The van der Waals surface area contributed by atoms with E-state index in [9.17, 15) is 8.42 Å². The second-order valence-electron chi connectivity index (χ2n) is 7.85. The Morgan fingerprint density at radius 1 is 0.906 bits per heavy atom. The van der Waals surface area contributed by atoms with E-state index in [2.05, 4.69) is 9.97 Å². The van der Waals surface area contributed by atoms with Gasteiger partial charge >= 0.3 is 0 Å². The van der Waals surface area contributed by atoms with Crippen molar-refractivity contribution in [1.82, 2.24) is 14.3 Å². The van der Waals surface area contributed by atoms with Crippen molar-refractivity contribution in [3.8, 4) is 0 Å². The van der Waals surface area contributed by atoms with Crippen molar-refractivity contribution in [1.29, 1.82) is 0 Å². The molecule has 0 aliphatic carbocycles. The van der Waals surface area contributed by atoms with Gasteiger partial charge in [0, 0.05) is 24.3 Å². The van der Waals surface area contributed by atoms with E-state index in [4.69, 9.17) is 4.74 Å². The summed E-state index contributed by atoms with van der Waals surface area (Å²) in [5.74, 6) is 0. The molecule has 5 rings (SSSR count). The van der Waals surface area contributed by atoms with Crippen LogP contribution in [0.15, 0.2) is 90.1 Å². The van der Waals surface area contributed by atoms with Crippen LogP contribution in [-0.2, 0) is 34.3 Å². The summed E-state index contributed by atoms with van der Waals surface area (Å²) in [5.41, 5.74) is 3.15. The molecule has 162 valence electrons. The molecule has 1 atom stereocenters. The number of sulfonamides is 1. The normalized spacial score (nSPS) is 17.4. The van der Waals surface area contributed by atoms with Gasteiger partial charge in [0.05, 0.1) is 30.5 Å². The van der Waals surface area contributed by atoms with Crippen LogP contribution in [-0.4, -0.2) is 35.3 Å². The van der Waals surface area contributed by atoms with Gasteiger partial charge in [-0.3, -0.25) is 9.97 Å². The first-order valence-corrected chi connectivity index (χ1v) is 12.0. The van der Waals surface area contributed by atoms with E-state index in [0.29, 0.717) is 18.5 Å². The molecule has 32 heavy (non-hydrogen) atoms. The Labute approximate surface area is 187 Å². The van der Waals surface area contributed by atoms with Gasteiger partial charge in [-0.05, 0) is 35.7 Å².